The van der Waals surface area contributed by atoms with Crippen LogP contribution in [-0.4, -0.2) is 22.8 Å². The normalized spacial score (nSPS) is 20.7. The highest BCUT2D eigenvalue weighted by Crippen LogP contribution is 2.48. The van der Waals surface area contributed by atoms with E-state index < -0.39 is 34.8 Å². The Morgan fingerprint density at radius 2 is 1.58 bits per heavy atom. The number of nitrogens with zero attached hydrogens (tertiary/aromatic N) is 3. The van der Waals surface area contributed by atoms with Crippen LogP contribution in [0.25, 0.3) is 11.3 Å². The van der Waals surface area contributed by atoms with Crippen molar-refractivity contribution in [3.63, 3.8) is 0 Å². The summed E-state index contributed by atoms with van der Waals surface area (Å²) in [5, 5.41) is 13.2. The van der Waals surface area contributed by atoms with E-state index in [0.717, 1.165) is 4.90 Å². The predicted octanol–water partition coefficient (Wildman–Crippen LogP) is 6.21. The molecule has 0 N–H and O–H groups in total. The van der Waals surface area contributed by atoms with Crippen LogP contribution < -0.4 is 9.96 Å². The quantitative estimate of drug-likeness (QED) is 0.165. The third-order valence-corrected chi connectivity index (χ3v) is 7.12. The van der Waals surface area contributed by atoms with Crippen LogP contribution >= 0.6 is 23.2 Å². The molecule has 38 heavy (non-hydrogen) atoms. The van der Waals surface area contributed by atoms with Gasteiger partial charge in [-0.25, -0.2) is 9.96 Å². The third kappa shape index (κ3) is 3.92. The first kappa shape index (κ1) is 24.2. The summed E-state index contributed by atoms with van der Waals surface area (Å²) in [7, 11) is 0. The minimum atomic E-state index is -1.07. The molecule has 190 valence electrons. The van der Waals surface area contributed by atoms with Crippen molar-refractivity contribution < 1.29 is 23.8 Å². The second-order valence-corrected chi connectivity index (χ2v) is 9.61. The average Bonchev–Trinajstić information content (AvgIpc) is 3.60. The van der Waals surface area contributed by atoms with E-state index in [2.05, 4.69) is 0 Å². The first-order valence-electron chi connectivity index (χ1n) is 11.5. The van der Waals surface area contributed by atoms with E-state index in [9.17, 15) is 19.7 Å². The van der Waals surface area contributed by atoms with Gasteiger partial charge in [0, 0.05) is 22.7 Å². The smallest absolute Gasteiger partial charge is 0.270 e. The molecule has 2 amide bonds. The Kier molecular flexibility index (Phi) is 5.91. The summed E-state index contributed by atoms with van der Waals surface area (Å²) in [6.07, 6.45) is -1.07. The molecule has 6 rings (SSSR count). The molecule has 2 saturated heterocycles. The van der Waals surface area contributed by atoms with Crippen molar-refractivity contribution in [2.75, 3.05) is 9.96 Å². The van der Waals surface area contributed by atoms with Crippen molar-refractivity contribution in [1.82, 2.24) is 0 Å². The lowest BCUT2D eigenvalue weighted by molar-refractivity contribution is -0.384. The highest BCUT2D eigenvalue weighted by Gasteiger charge is 2.61. The molecule has 4 aromatic rings. The van der Waals surface area contributed by atoms with Gasteiger partial charge in [0.1, 0.15) is 23.5 Å². The van der Waals surface area contributed by atoms with Crippen molar-refractivity contribution in [3.05, 3.63) is 111 Å². The lowest BCUT2D eigenvalue weighted by atomic mass is 9.94. The van der Waals surface area contributed by atoms with E-state index in [1.165, 1.54) is 23.3 Å². The SMILES string of the molecule is O=C1[C@@H]2[C@@H](ON(c3ccccc3)[C@H]2c2ccc(-c3ccc([N+](=O)[O-])cc3Cl)o2)C(=O)N1c1ccc(Cl)cc1. The number of fused-ring (bicyclic) bond motifs is 1. The van der Waals surface area contributed by atoms with Gasteiger partial charge in [-0.2, -0.15) is 0 Å². The van der Waals surface area contributed by atoms with Gasteiger partial charge in [0.25, 0.3) is 11.6 Å². The fourth-order valence-electron chi connectivity index (χ4n) is 4.82. The molecule has 2 aliphatic heterocycles. The monoisotopic (exact) mass is 549 g/mol. The first-order valence-corrected chi connectivity index (χ1v) is 12.3. The molecule has 9 nitrogen and oxygen atoms in total. The van der Waals surface area contributed by atoms with Gasteiger partial charge in [0.2, 0.25) is 5.91 Å². The summed E-state index contributed by atoms with van der Waals surface area (Å²) < 4.78 is 6.16. The van der Waals surface area contributed by atoms with Crippen molar-refractivity contribution in [2.45, 2.75) is 12.1 Å². The number of non-ortho nitro benzene ring substituents is 1. The number of halogens is 2. The number of nitro benzene ring substituents is 1. The summed E-state index contributed by atoms with van der Waals surface area (Å²) in [5.41, 5.74) is 1.33. The van der Waals surface area contributed by atoms with E-state index in [4.69, 9.17) is 32.5 Å². The van der Waals surface area contributed by atoms with Crippen LogP contribution in [-0.2, 0) is 14.4 Å². The molecule has 11 heteroatoms. The van der Waals surface area contributed by atoms with Crippen LogP contribution in [0.1, 0.15) is 11.8 Å². The number of nitro groups is 1. The van der Waals surface area contributed by atoms with Crippen molar-refractivity contribution >= 4 is 52.1 Å². The van der Waals surface area contributed by atoms with Crippen molar-refractivity contribution in [1.29, 1.82) is 0 Å². The second-order valence-electron chi connectivity index (χ2n) is 8.77. The van der Waals surface area contributed by atoms with E-state index in [1.807, 2.05) is 18.2 Å². The minimum absolute atomic E-state index is 0.140. The Hall–Kier alpha value is -4.18. The standard InChI is InChI=1S/C27H17Cl2N3O6/c28-15-6-8-16(9-7-15)30-26(33)23-24(31(38-25(23)27(30)34)17-4-2-1-3-5-17)22-13-12-21(37-22)19-11-10-18(32(35)36)14-20(19)29/h1-14,23-25H/t23-,24-,25+/m0/s1. The number of para-hydroxylation sites is 1. The molecule has 0 bridgehead atoms. The van der Waals surface area contributed by atoms with E-state index in [1.54, 1.807) is 48.5 Å². The first-order chi connectivity index (χ1) is 18.3. The fourth-order valence-corrected chi connectivity index (χ4v) is 5.21. The molecule has 2 fully saturated rings. The van der Waals surface area contributed by atoms with Crippen LogP contribution in [0.3, 0.4) is 0 Å². The molecule has 3 atom stereocenters. The maximum Gasteiger partial charge on any atom is 0.270 e. The molecule has 1 aromatic heterocycles. The molecule has 3 aromatic carbocycles. The second kappa shape index (κ2) is 9.29. The van der Waals surface area contributed by atoms with Gasteiger partial charge in [0.05, 0.1) is 21.3 Å². The number of benzene rings is 3. The molecule has 0 unspecified atom stereocenters. The maximum atomic E-state index is 13.7. The van der Waals surface area contributed by atoms with Crippen LogP contribution in [0.5, 0.6) is 0 Å². The van der Waals surface area contributed by atoms with E-state index in [-0.39, 0.29) is 10.7 Å². The summed E-state index contributed by atoms with van der Waals surface area (Å²) in [5.74, 6) is -1.11. The van der Waals surface area contributed by atoms with Crippen molar-refractivity contribution in [3.8, 4) is 11.3 Å². The number of hydrogen-bond acceptors (Lipinski definition) is 7. The third-order valence-electron chi connectivity index (χ3n) is 6.56. The van der Waals surface area contributed by atoms with E-state index in [0.29, 0.717) is 33.5 Å². The van der Waals surface area contributed by atoms with Gasteiger partial charge in [-0.15, -0.1) is 0 Å². The molecule has 2 aliphatic rings. The lowest BCUT2D eigenvalue weighted by Crippen LogP contribution is -2.37. The Morgan fingerprint density at radius 1 is 0.842 bits per heavy atom. The number of rotatable bonds is 5. The largest absolute Gasteiger partial charge is 0.459 e. The van der Waals surface area contributed by atoms with Gasteiger partial charge >= 0.3 is 0 Å². The molecule has 0 aliphatic carbocycles. The number of imide groups is 1. The Balaban J connectivity index is 1.41. The number of hydrogen-bond donors (Lipinski definition) is 0. The maximum absolute atomic E-state index is 13.7. The minimum Gasteiger partial charge on any atom is -0.459 e. The number of furan rings is 1. The Labute approximate surface area is 225 Å². The summed E-state index contributed by atoms with van der Waals surface area (Å²) in [6.45, 7) is 0. The van der Waals surface area contributed by atoms with Crippen LogP contribution in [0.4, 0.5) is 17.1 Å². The molecular formula is C27H17Cl2N3O6. The van der Waals surface area contributed by atoms with Gasteiger partial charge in [-0.05, 0) is 54.6 Å². The van der Waals surface area contributed by atoms with Crippen LogP contribution in [0.15, 0.2) is 89.3 Å². The number of carbonyl (C=O) groups is 2. The zero-order chi connectivity index (χ0) is 26.6. The predicted molar refractivity (Wildman–Crippen MR) is 140 cm³/mol. The zero-order valence-electron chi connectivity index (χ0n) is 19.4. The van der Waals surface area contributed by atoms with Gasteiger partial charge in [-0.3, -0.25) is 24.5 Å². The van der Waals surface area contributed by atoms with Gasteiger partial charge < -0.3 is 4.42 Å². The zero-order valence-corrected chi connectivity index (χ0v) is 20.9. The highest BCUT2D eigenvalue weighted by molar-refractivity contribution is 6.33. The number of carbonyl (C=O) groups excluding carboxylic acids is 2. The lowest BCUT2D eigenvalue weighted by Gasteiger charge is -2.27. The number of anilines is 2. The van der Waals surface area contributed by atoms with Gasteiger partial charge in [-0.1, -0.05) is 41.4 Å². The number of amides is 2. The summed E-state index contributed by atoms with van der Waals surface area (Å²) in [4.78, 5) is 44.9. The molecule has 0 spiro atoms. The van der Waals surface area contributed by atoms with Gasteiger partial charge in [0.15, 0.2) is 6.10 Å². The van der Waals surface area contributed by atoms with Crippen molar-refractivity contribution in [2.24, 2.45) is 5.92 Å². The molecule has 3 heterocycles. The summed E-state index contributed by atoms with van der Waals surface area (Å²) >= 11 is 12.3. The van der Waals surface area contributed by atoms with E-state index >= 15 is 0 Å². The summed E-state index contributed by atoms with van der Waals surface area (Å²) in [6, 6.07) is 22.1. The fraction of sp³-hybridized carbons (Fsp3) is 0.111. The van der Waals surface area contributed by atoms with Crippen LogP contribution in [0.2, 0.25) is 10.0 Å². The molecular weight excluding hydrogens is 533 g/mol. The Morgan fingerprint density at radius 3 is 2.26 bits per heavy atom. The average molecular weight is 550 g/mol. The van der Waals surface area contributed by atoms with Crippen LogP contribution in [0, 0.1) is 16.0 Å². The topological polar surface area (TPSA) is 106 Å². The molecule has 0 saturated carbocycles. The Bertz CT molecular complexity index is 1570. The number of hydroxylamine groups is 1. The molecule has 0 radical (unpaired) electrons. The highest BCUT2D eigenvalue weighted by atomic mass is 35.5.